The van der Waals surface area contributed by atoms with Gasteiger partial charge in [0.1, 0.15) is 16.7 Å². The Kier molecular flexibility index (Phi) is 7.74. The average molecular weight is 769 g/mol. The van der Waals surface area contributed by atoms with Crippen LogP contribution in [0.25, 0.3) is 122 Å². The molecule has 0 atom stereocenters. The summed E-state index contributed by atoms with van der Waals surface area (Å²) >= 11 is 0. The SMILES string of the molecule is c1ccc(-c2cccc(-c3nc(-c4ccc5cc(-c6ccccc6)ccc5c4)nc(-c4ccc5ccc6oc7ccc8nc(-c9ccccc9)oc8c7c6c5c4)n3)c2)cc1. The molecular formula is C54H32N4O2. The van der Waals surface area contributed by atoms with E-state index in [-0.39, 0.29) is 0 Å². The number of furan rings is 1. The van der Waals surface area contributed by atoms with Gasteiger partial charge in [0.05, 0.1) is 5.39 Å². The fraction of sp³-hybridized carbons (Fsp3) is 0. The average Bonchev–Trinajstić information content (AvgIpc) is 3.94. The quantitative estimate of drug-likeness (QED) is 0.168. The molecule has 12 aromatic rings. The van der Waals surface area contributed by atoms with E-state index in [1.807, 2.05) is 60.7 Å². The molecule has 12 rings (SSSR count). The molecule has 6 nitrogen and oxygen atoms in total. The van der Waals surface area contributed by atoms with Crippen LogP contribution in [0.2, 0.25) is 0 Å². The zero-order valence-electron chi connectivity index (χ0n) is 32.1. The van der Waals surface area contributed by atoms with E-state index >= 15 is 0 Å². The Morgan fingerprint density at radius 3 is 1.47 bits per heavy atom. The van der Waals surface area contributed by atoms with E-state index in [4.69, 9.17) is 28.8 Å². The van der Waals surface area contributed by atoms with Gasteiger partial charge in [-0.15, -0.1) is 0 Å². The Bertz CT molecular complexity index is 3600. The van der Waals surface area contributed by atoms with Gasteiger partial charge in [0.2, 0.25) is 5.89 Å². The predicted octanol–water partition coefficient (Wildman–Crippen LogP) is 14.2. The number of aromatic nitrogens is 4. The van der Waals surface area contributed by atoms with Gasteiger partial charge in [-0.25, -0.2) is 19.9 Å². The van der Waals surface area contributed by atoms with Gasteiger partial charge in [0.15, 0.2) is 23.1 Å². The number of hydrogen-bond acceptors (Lipinski definition) is 6. The number of benzene rings is 9. The summed E-state index contributed by atoms with van der Waals surface area (Å²) in [6.45, 7) is 0. The lowest BCUT2D eigenvalue weighted by atomic mass is 9.99. The van der Waals surface area contributed by atoms with Crippen molar-refractivity contribution in [2.75, 3.05) is 0 Å². The minimum atomic E-state index is 0.570. The molecule has 280 valence electrons. The molecule has 0 saturated heterocycles. The van der Waals surface area contributed by atoms with Gasteiger partial charge in [-0.1, -0.05) is 140 Å². The molecule has 60 heavy (non-hydrogen) atoms. The van der Waals surface area contributed by atoms with E-state index in [1.165, 1.54) is 11.1 Å². The number of nitrogens with zero attached hydrogens (tertiary/aromatic N) is 4. The van der Waals surface area contributed by atoms with Crippen LogP contribution in [-0.4, -0.2) is 19.9 Å². The lowest BCUT2D eigenvalue weighted by Crippen LogP contribution is -2.00. The fourth-order valence-corrected chi connectivity index (χ4v) is 8.33. The maximum absolute atomic E-state index is 6.52. The third-order valence-electron chi connectivity index (χ3n) is 11.3. The molecule has 0 aliphatic carbocycles. The molecule has 0 spiro atoms. The number of rotatable bonds is 6. The van der Waals surface area contributed by atoms with Crippen molar-refractivity contribution in [1.29, 1.82) is 0 Å². The molecule has 0 unspecified atom stereocenters. The summed E-state index contributed by atoms with van der Waals surface area (Å²) in [4.78, 5) is 20.4. The number of oxazole rings is 1. The van der Waals surface area contributed by atoms with Gasteiger partial charge >= 0.3 is 0 Å². The van der Waals surface area contributed by atoms with Crippen molar-refractivity contribution in [3.05, 3.63) is 194 Å². The second-order valence-corrected chi connectivity index (χ2v) is 15.0. The highest BCUT2D eigenvalue weighted by Gasteiger charge is 2.20. The summed E-state index contributed by atoms with van der Waals surface area (Å²) < 4.78 is 13.0. The largest absolute Gasteiger partial charge is 0.456 e. The van der Waals surface area contributed by atoms with Crippen LogP contribution >= 0.6 is 0 Å². The summed E-state index contributed by atoms with van der Waals surface area (Å²) in [5, 5.41) is 6.16. The molecule has 0 aliphatic rings. The van der Waals surface area contributed by atoms with Gasteiger partial charge in [-0.05, 0) is 98.4 Å². The summed E-state index contributed by atoms with van der Waals surface area (Å²) in [6.07, 6.45) is 0. The molecule has 3 heterocycles. The third kappa shape index (κ3) is 5.81. The van der Waals surface area contributed by atoms with Crippen LogP contribution < -0.4 is 0 Å². The number of hydrogen-bond donors (Lipinski definition) is 0. The van der Waals surface area contributed by atoms with Crippen molar-refractivity contribution in [3.63, 3.8) is 0 Å². The van der Waals surface area contributed by atoms with Gasteiger partial charge in [0.25, 0.3) is 0 Å². The van der Waals surface area contributed by atoms with Gasteiger partial charge < -0.3 is 8.83 Å². The first-order valence-electron chi connectivity index (χ1n) is 19.9. The first-order valence-corrected chi connectivity index (χ1v) is 19.9. The number of fused-ring (bicyclic) bond motifs is 8. The van der Waals surface area contributed by atoms with Crippen molar-refractivity contribution in [2.45, 2.75) is 0 Å². The smallest absolute Gasteiger partial charge is 0.227 e. The van der Waals surface area contributed by atoms with E-state index in [0.29, 0.717) is 28.9 Å². The Labute approximate surface area is 344 Å². The monoisotopic (exact) mass is 768 g/mol. The van der Waals surface area contributed by atoms with Crippen molar-refractivity contribution in [2.24, 2.45) is 0 Å². The van der Waals surface area contributed by atoms with Gasteiger partial charge in [0, 0.05) is 27.6 Å². The standard InChI is InChI=1S/C54H32N4O2/c1-4-11-33(12-5-1)37-17-10-18-41(30-37)51-56-52(42-24-22-39-29-38(20-21-40(39)31-42)34-13-6-2-7-14-34)58-53(57-51)43-23-19-35-25-27-46-48(44(35)32-43)49-47(59-46)28-26-45-50(49)60-54(55-45)36-15-8-3-9-16-36/h1-32H. The van der Waals surface area contributed by atoms with Crippen LogP contribution in [0.3, 0.4) is 0 Å². The highest BCUT2D eigenvalue weighted by molar-refractivity contribution is 6.25. The Morgan fingerprint density at radius 1 is 0.300 bits per heavy atom. The zero-order valence-corrected chi connectivity index (χ0v) is 32.1. The molecule has 9 aromatic carbocycles. The summed E-state index contributed by atoms with van der Waals surface area (Å²) in [5.41, 5.74) is 11.1. The molecule has 0 radical (unpaired) electrons. The Balaban J connectivity index is 1.04. The third-order valence-corrected chi connectivity index (χ3v) is 11.3. The molecule has 0 fully saturated rings. The zero-order chi connectivity index (χ0) is 39.6. The van der Waals surface area contributed by atoms with Crippen molar-refractivity contribution < 1.29 is 8.83 Å². The van der Waals surface area contributed by atoms with Crippen LogP contribution in [-0.2, 0) is 0 Å². The highest BCUT2D eigenvalue weighted by Crippen LogP contribution is 2.41. The van der Waals surface area contributed by atoms with Crippen LogP contribution in [0.5, 0.6) is 0 Å². The van der Waals surface area contributed by atoms with Crippen molar-refractivity contribution in [3.8, 4) is 67.9 Å². The van der Waals surface area contributed by atoms with Gasteiger partial charge in [-0.3, -0.25) is 0 Å². The minimum absolute atomic E-state index is 0.570. The first kappa shape index (κ1) is 33.9. The molecule has 3 aromatic heterocycles. The Morgan fingerprint density at radius 2 is 0.783 bits per heavy atom. The maximum atomic E-state index is 6.52. The van der Waals surface area contributed by atoms with E-state index < -0.39 is 0 Å². The second-order valence-electron chi connectivity index (χ2n) is 15.0. The molecule has 0 amide bonds. The van der Waals surface area contributed by atoms with Crippen LogP contribution in [0.4, 0.5) is 0 Å². The molecule has 0 aliphatic heterocycles. The molecule has 0 saturated carbocycles. The Hall–Kier alpha value is -8.22. The molecule has 0 N–H and O–H groups in total. The molecule has 0 bridgehead atoms. The highest BCUT2D eigenvalue weighted by atomic mass is 16.4. The normalized spacial score (nSPS) is 11.7. The topological polar surface area (TPSA) is 77.8 Å². The lowest BCUT2D eigenvalue weighted by molar-refractivity contribution is 0.622. The van der Waals surface area contributed by atoms with E-state index in [1.54, 1.807) is 0 Å². The summed E-state index contributed by atoms with van der Waals surface area (Å²) in [6, 6.07) is 66.6. The molecule has 6 heteroatoms. The van der Waals surface area contributed by atoms with E-state index in [0.717, 1.165) is 82.4 Å². The fourth-order valence-electron chi connectivity index (χ4n) is 8.33. The minimum Gasteiger partial charge on any atom is -0.456 e. The second kappa shape index (κ2) is 13.7. The van der Waals surface area contributed by atoms with Crippen molar-refractivity contribution >= 4 is 54.6 Å². The lowest BCUT2D eigenvalue weighted by Gasteiger charge is -2.11. The molecular weight excluding hydrogens is 737 g/mol. The van der Waals surface area contributed by atoms with E-state index in [9.17, 15) is 0 Å². The summed E-state index contributed by atoms with van der Waals surface area (Å²) in [5.74, 6) is 2.33. The predicted molar refractivity (Wildman–Crippen MR) is 242 cm³/mol. The van der Waals surface area contributed by atoms with Crippen LogP contribution in [0.1, 0.15) is 0 Å². The van der Waals surface area contributed by atoms with Crippen molar-refractivity contribution in [1.82, 2.24) is 19.9 Å². The summed E-state index contributed by atoms with van der Waals surface area (Å²) in [7, 11) is 0. The van der Waals surface area contributed by atoms with E-state index in [2.05, 4.69) is 133 Å². The maximum Gasteiger partial charge on any atom is 0.227 e. The van der Waals surface area contributed by atoms with Crippen LogP contribution in [0.15, 0.2) is 203 Å². The first-order chi connectivity index (χ1) is 29.7. The van der Waals surface area contributed by atoms with Crippen LogP contribution in [0, 0.1) is 0 Å². The van der Waals surface area contributed by atoms with Gasteiger partial charge in [-0.2, -0.15) is 0 Å².